The molecule has 0 fully saturated rings. The molecule has 0 radical (unpaired) electrons. The number of rotatable bonds is 6. The summed E-state index contributed by atoms with van der Waals surface area (Å²) in [6.45, 7) is 5.08. The first-order valence-corrected chi connectivity index (χ1v) is 197. The van der Waals surface area contributed by atoms with Crippen LogP contribution in [0.2, 0.25) is 0 Å². The summed E-state index contributed by atoms with van der Waals surface area (Å²) in [5, 5.41) is 14.9. The number of nitrogens with zero attached hydrogens (tertiary/aromatic N) is 3. The van der Waals surface area contributed by atoms with Gasteiger partial charge in [0.25, 0.3) is 0 Å². The van der Waals surface area contributed by atoms with Crippen LogP contribution in [0.25, 0.3) is 22.2 Å². The van der Waals surface area contributed by atoms with Crippen molar-refractivity contribution in [1.29, 1.82) is 0 Å². The van der Waals surface area contributed by atoms with E-state index in [-0.39, 0.29) is 23.3 Å². The van der Waals surface area contributed by atoms with Gasteiger partial charge in [0.1, 0.15) is 5.56 Å². The van der Waals surface area contributed by atoms with Crippen LogP contribution in [0.3, 0.4) is 0 Å². The molecule has 2 aromatic heterocycles. The van der Waals surface area contributed by atoms with Crippen LogP contribution in [0.15, 0.2) is 48.8 Å². The number of halogens is 1. The number of H-pyrrole nitrogens is 1. The van der Waals surface area contributed by atoms with Crippen LogP contribution in [0.5, 0.6) is 0 Å². The Balaban J connectivity index is -0.000000144. The molecule has 4 aromatic rings. The predicted octanol–water partition coefficient (Wildman–Crippen LogP) is -3.09. The number of para-hydroxylation sites is 1. The zero-order valence-electron chi connectivity index (χ0n) is 40.0. The molecule has 0 saturated heterocycles. The zero-order valence-corrected chi connectivity index (χ0v) is 109. The number of fused-ring (bicyclic) bond motifs is 1. The maximum atomic E-state index is 13.9. The van der Waals surface area contributed by atoms with Gasteiger partial charge in [0, 0.05) is 34.9 Å². The van der Waals surface area contributed by atoms with E-state index in [0.717, 1.165) is 23.0 Å². The third-order valence-electron chi connectivity index (χ3n) is 4.93. The summed E-state index contributed by atoms with van der Waals surface area (Å²) in [7, 11) is 0. The number of aromatic nitrogens is 3. The molecule has 190 valence electrons. The fourth-order valence-electron chi connectivity index (χ4n) is 3.40. The molecular weight excluding hydrogens is 1290 g/mol. The molecule has 0 unspecified atom stereocenters. The van der Waals surface area contributed by atoms with Crippen molar-refractivity contribution in [3.05, 3.63) is 75.9 Å². The number of benzene rings is 2. The quantitative estimate of drug-likeness (QED) is 0.0910. The summed E-state index contributed by atoms with van der Waals surface area (Å²) in [5.74, 6) is -1.43. The molecule has 4 rings (SSSR count). The van der Waals surface area contributed by atoms with Crippen molar-refractivity contribution in [2.24, 2.45) is 0 Å². The van der Waals surface area contributed by atoms with E-state index in [1.54, 1.807) is 27.0 Å². The summed E-state index contributed by atoms with van der Waals surface area (Å²) in [6.07, 6.45) is 2.73. The van der Waals surface area contributed by atoms with Gasteiger partial charge in [-0.05, 0) is 38.5 Å². The summed E-state index contributed by atoms with van der Waals surface area (Å²) in [6, 6.07) is 9.68. The van der Waals surface area contributed by atoms with Crippen molar-refractivity contribution >= 4 is 729 Å². The van der Waals surface area contributed by atoms with E-state index in [1.807, 2.05) is 24.3 Å². The standard InChI is InChI=1S/C23H20FN5O4.22K/c1-12(2)33-22(30)16-11-26-23(27-19-9-20(29(31)32)17(24)8-13(19)3)28-21(16)15-10-25-18-7-5-4-6-14(15)18;;;;;;;;;;;;;;;;;;;;;;/h4-12,25H,1-3H3,(H,26,27,28);;;;;;;;;;;;;;;;;;;;;;. The van der Waals surface area contributed by atoms with Crippen LogP contribution >= 0.6 is 0 Å². The number of esters is 1. The predicted molar refractivity (Wildman–Crippen MR) is 248 cm³/mol. The van der Waals surface area contributed by atoms with E-state index in [2.05, 4.69) is 20.3 Å². The Morgan fingerprint density at radius 3 is 1.69 bits per heavy atom. The van der Waals surface area contributed by atoms with Gasteiger partial charge < -0.3 is 15.0 Å². The van der Waals surface area contributed by atoms with Crippen LogP contribution in [0.1, 0.15) is 29.8 Å². The second-order valence-corrected chi connectivity index (χ2v) is 7.66. The topological polar surface area (TPSA) is 123 Å². The van der Waals surface area contributed by atoms with Gasteiger partial charge in [0.2, 0.25) is 11.8 Å². The van der Waals surface area contributed by atoms with Crippen molar-refractivity contribution < 1.29 is 18.8 Å². The van der Waals surface area contributed by atoms with Crippen LogP contribution in [0, 0.1) is 22.9 Å². The molecule has 2 N–H and O–H groups in total. The van der Waals surface area contributed by atoms with E-state index in [4.69, 9.17) is 4.74 Å². The fourth-order valence-corrected chi connectivity index (χ4v) is 3.40. The Hall–Kier alpha value is 31.7. The normalized spacial score (nSPS) is 8.24. The number of aryl methyl sites for hydroxylation is 1. The Morgan fingerprint density at radius 2 is 1.25 bits per heavy atom. The molecule has 0 spiro atoms. The number of hydrogen-bond acceptors (Lipinski definition) is 7. The van der Waals surface area contributed by atoms with E-state index in [9.17, 15) is 19.3 Å². The Kier molecular flexibility index (Phi) is 164. The maximum absolute atomic E-state index is 13.9. The Bertz CT molecular complexity index is 1440. The van der Waals surface area contributed by atoms with Crippen molar-refractivity contribution in [2.75, 3.05) is 5.32 Å². The van der Waals surface area contributed by atoms with Crippen LogP contribution in [-0.4, -0.2) is 727 Å². The van der Waals surface area contributed by atoms with Crippen molar-refractivity contribution in [3.63, 3.8) is 0 Å². The molecule has 32 heteroatoms. The van der Waals surface area contributed by atoms with E-state index < -0.39 is 22.4 Å². The van der Waals surface area contributed by atoms with Gasteiger partial charge in [0.05, 0.1) is 22.4 Å². The molecule has 0 amide bonds. The van der Waals surface area contributed by atoms with Crippen molar-refractivity contribution in [1.82, 2.24) is 15.0 Å². The molecule has 9 nitrogen and oxygen atoms in total. The van der Waals surface area contributed by atoms with Gasteiger partial charge in [-0.15, -0.1) is 0 Å². The van der Waals surface area contributed by atoms with Gasteiger partial charge in [0.15, 0.2) is 0 Å². The number of nitro benzene ring substituents is 1. The first-order chi connectivity index (χ1) is 26.7. The van der Waals surface area contributed by atoms with Gasteiger partial charge in [-0.2, -0.15) is 4.39 Å². The van der Waals surface area contributed by atoms with Gasteiger partial charge in [-0.3, -0.25) is 10.1 Å². The third kappa shape index (κ3) is 59.2. The first kappa shape index (κ1) is 103. The van der Waals surface area contributed by atoms with Gasteiger partial charge in [-0.25, -0.2) is 14.8 Å². The molecule has 0 aliphatic rings. The van der Waals surface area contributed by atoms with Gasteiger partial charge >= 0.3 is 706 Å². The van der Waals surface area contributed by atoms with Crippen LogP contribution in [-0.2, 0) is 4.74 Å². The number of anilines is 2. The molecule has 0 atom stereocenters. The van der Waals surface area contributed by atoms with E-state index in [1.165, 1.54) is 701 Å². The SMILES string of the molecule is Cc1cc(F)c([N+](=O)[O-])cc1Nc1ncc(C(=O)OC(C)C)c(-c2c[nH]c3ccccc23)n1.[K][K].[K][K].[K][K].[K][K].[K][K].[K][K].[K][K].[K][K].[K][K].[K][K].[K][K]. The van der Waals surface area contributed by atoms with Crippen LogP contribution < -0.4 is 5.32 Å². The van der Waals surface area contributed by atoms with Crippen molar-refractivity contribution in [3.8, 4) is 11.3 Å². The Labute approximate surface area is 828 Å². The average Bonchev–Trinajstić information content (AvgIpc) is 3.71. The van der Waals surface area contributed by atoms with Gasteiger partial charge in [-0.1, -0.05) is 18.2 Å². The molecule has 2 heterocycles. The Morgan fingerprint density at radius 1 is 0.800 bits per heavy atom. The number of carbonyl (C=O) groups excluding carboxylic acids is 1. The summed E-state index contributed by atoms with van der Waals surface area (Å²) in [5.41, 5.74) is 2.04. The second-order valence-electron chi connectivity index (χ2n) is 7.66. The molecule has 0 saturated carbocycles. The number of hydrogen-bond donors (Lipinski definition) is 2. The number of carbonyl (C=O) groups is 1. The van der Waals surface area contributed by atoms with Crippen molar-refractivity contribution in [2.45, 2.75) is 26.9 Å². The number of ether oxygens (including phenoxy) is 1. The van der Waals surface area contributed by atoms with E-state index >= 15 is 0 Å². The number of aromatic amines is 1. The molecular formula is C23H20FK22N5O4. The minimum absolute atomic E-state index is 0.0837. The first-order valence-electron chi connectivity index (χ1n) is 21.1. The van der Waals surface area contributed by atoms with E-state index in [0.29, 0.717) is 16.8 Å². The fraction of sp³-hybridized carbons (Fsp3) is 0.174. The van der Waals surface area contributed by atoms with Crippen LogP contribution in [0.4, 0.5) is 21.7 Å². The summed E-state index contributed by atoms with van der Waals surface area (Å²) < 4.78 is 19.3. The molecule has 0 bridgehead atoms. The number of nitrogens with one attached hydrogen (secondary N) is 2. The molecule has 0 aliphatic carbocycles. The molecule has 2 aromatic carbocycles. The number of nitro groups is 1. The zero-order chi connectivity index (χ0) is 45.7. The second kappa shape index (κ2) is 87.7. The molecule has 55 heavy (non-hydrogen) atoms. The summed E-state index contributed by atoms with van der Waals surface area (Å²) >= 11 is 27.5. The third-order valence-corrected chi connectivity index (χ3v) is 4.93. The average molecular weight is 1310 g/mol. The minimum atomic E-state index is -0.935. The monoisotopic (exact) mass is 1310 g/mol. The summed E-state index contributed by atoms with van der Waals surface area (Å²) in [4.78, 5) is 34.9. The molecule has 0 aliphatic heterocycles.